The number of aromatic nitrogens is 2. The van der Waals surface area contributed by atoms with E-state index in [1.165, 1.54) is 10.5 Å². The molecule has 7 nitrogen and oxygen atoms in total. The van der Waals surface area contributed by atoms with E-state index in [1.807, 2.05) is 25.7 Å². The molecule has 1 aromatic rings. The predicted octanol–water partition coefficient (Wildman–Crippen LogP) is 1.70. The summed E-state index contributed by atoms with van der Waals surface area (Å²) in [4.78, 5) is 14.9. The third kappa shape index (κ3) is 3.10. The second kappa shape index (κ2) is 6.72. The van der Waals surface area contributed by atoms with E-state index in [-0.39, 0.29) is 23.5 Å². The second-order valence-corrected chi connectivity index (χ2v) is 9.34. The van der Waals surface area contributed by atoms with Crippen molar-refractivity contribution in [3.63, 3.8) is 0 Å². The predicted molar refractivity (Wildman–Crippen MR) is 94.4 cm³/mol. The van der Waals surface area contributed by atoms with Crippen LogP contribution in [-0.2, 0) is 21.4 Å². The quantitative estimate of drug-likeness (QED) is 0.793. The molecule has 3 rings (SSSR count). The molecule has 2 aliphatic rings. The van der Waals surface area contributed by atoms with E-state index in [4.69, 9.17) is 0 Å². The Morgan fingerprint density at radius 3 is 2.72 bits per heavy atom. The number of hydrogen-bond donors (Lipinski definition) is 0. The number of piperidine rings is 1. The molecule has 0 bridgehead atoms. The van der Waals surface area contributed by atoms with Crippen LogP contribution in [0.5, 0.6) is 0 Å². The van der Waals surface area contributed by atoms with E-state index in [1.54, 1.807) is 10.7 Å². The summed E-state index contributed by atoms with van der Waals surface area (Å²) in [5.74, 6) is 0.119. The zero-order valence-corrected chi connectivity index (χ0v) is 16.1. The molecule has 0 aromatic carbocycles. The highest BCUT2D eigenvalue weighted by Gasteiger charge is 2.51. The van der Waals surface area contributed by atoms with Gasteiger partial charge in [-0.05, 0) is 45.6 Å². The number of aryl methyl sites for hydroxylation is 1. The van der Waals surface area contributed by atoms with Crippen LogP contribution in [0.25, 0.3) is 0 Å². The first kappa shape index (κ1) is 18.4. The lowest BCUT2D eigenvalue weighted by molar-refractivity contribution is -0.147. The Morgan fingerprint density at radius 2 is 2.04 bits per heavy atom. The molecule has 0 radical (unpaired) electrons. The summed E-state index contributed by atoms with van der Waals surface area (Å²) in [5, 5.41) is 4.37. The normalized spacial score (nSPS) is 25.4. The third-order valence-corrected chi connectivity index (χ3v) is 7.30. The molecule has 140 valence electrons. The van der Waals surface area contributed by atoms with E-state index in [2.05, 4.69) is 5.10 Å². The van der Waals surface area contributed by atoms with Crippen LogP contribution in [0, 0.1) is 5.41 Å². The van der Waals surface area contributed by atoms with Crippen LogP contribution in [0.1, 0.15) is 46.5 Å². The van der Waals surface area contributed by atoms with Crippen LogP contribution < -0.4 is 0 Å². The van der Waals surface area contributed by atoms with Gasteiger partial charge in [-0.1, -0.05) is 6.92 Å². The van der Waals surface area contributed by atoms with Gasteiger partial charge in [0.05, 0.1) is 11.6 Å². The molecule has 2 fully saturated rings. The number of hydrogen-bond acceptors (Lipinski definition) is 4. The molecule has 2 aliphatic heterocycles. The lowest BCUT2D eigenvalue weighted by Gasteiger charge is -2.41. The van der Waals surface area contributed by atoms with Crippen molar-refractivity contribution >= 4 is 15.9 Å². The van der Waals surface area contributed by atoms with Gasteiger partial charge in [-0.25, -0.2) is 8.42 Å². The van der Waals surface area contributed by atoms with Gasteiger partial charge in [-0.15, -0.1) is 0 Å². The van der Waals surface area contributed by atoms with Crippen molar-refractivity contribution in [2.45, 2.75) is 64.1 Å². The van der Waals surface area contributed by atoms with E-state index >= 15 is 0 Å². The maximum Gasteiger partial charge on any atom is 0.260 e. The van der Waals surface area contributed by atoms with Gasteiger partial charge in [0.25, 0.3) is 10.0 Å². The Hall–Kier alpha value is -1.41. The van der Waals surface area contributed by atoms with Gasteiger partial charge in [0, 0.05) is 32.2 Å². The first-order valence-electron chi connectivity index (χ1n) is 9.15. The highest BCUT2D eigenvalue weighted by Crippen LogP contribution is 2.42. The maximum absolute atomic E-state index is 13.1. The van der Waals surface area contributed by atoms with E-state index in [9.17, 15) is 13.2 Å². The first-order valence-corrected chi connectivity index (χ1v) is 10.6. The average Bonchev–Trinajstić information content (AvgIpc) is 3.19. The number of amides is 1. The summed E-state index contributed by atoms with van der Waals surface area (Å²) in [7, 11) is -3.62. The van der Waals surface area contributed by atoms with Crippen LogP contribution >= 0.6 is 0 Å². The number of rotatable bonds is 5. The third-order valence-electron chi connectivity index (χ3n) is 5.43. The van der Waals surface area contributed by atoms with Gasteiger partial charge in [0.1, 0.15) is 0 Å². The van der Waals surface area contributed by atoms with Gasteiger partial charge in [0.2, 0.25) is 5.91 Å². The van der Waals surface area contributed by atoms with Gasteiger partial charge in [0.15, 0.2) is 5.03 Å². The van der Waals surface area contributed by atoms with Crippen molar-refractivity contribution in [3.05, 3.63) is 12.3 Å². The molecule has 0 saturated carbocycles. The monoisotopic (exact) mass is 368 g/mol. The largest absolute Gasteiger partial charge is 0.340 e. The zero-order chi connectivity index (χ0) is 18.2. The molecule has 1 spiro atoms. The van der Waals surface area contributed by atoms with Crippen molar-refractivity contribution in [3.8, 4) is 0 Å². The van der Waals surface area contributed by atoms with Crippen LogP contribution in [0.4, 0.5) is 0 Å². The number of likely N-dealkylation sites (tertiary alicyclic amines) is 1. The minimum atomic E-state index is -3.62. The Morgan fingerprint density at radius 1 is 1.28 bits per heavy atom. The Labute approximate surface area is 150 Å². The number of carbonyl (C=O) groups is 1. The molecule has 0 aliphatic carbocycles. The minimum absolute atomic E-state index is 0.119. The lowest BCUT2D eigenvalue weighted by atomic mass is 9.78. The Kier molecular flexibility index (Phi) is 4.94. The van der Waals surface area contributed by atoms with Crippen molar-refractivity contribution in [1.29, 1.82) is 0 Å². The fourth-order valence-corrected chi connectivity index (χ4v) is 5.71. The van der Waals surface area contributed by atoms with Crippen LogP contribution in [0.3, 0.4) is 0 Å². The topological polar surface area (TPSA) is 75.5 Å². The summed E-state index contributed by atoms with van der Waals surface area (Å²) in [6, 6.07) is 1.71. The van der Waals surface area contributed by atoms with Gasteiger partial charge >= 0.3 is 0 Å². The molecule has 2 saturated heterocycles. The van der Waals surface area contributed by atoms with Crippen molar-refractivity contribution in [2.75, 3.05) is 19.6 Å². The summed E-state index contributed by atoms with van der Waals surface area (Å²) in [6.07, 6.45) is 4.66. The number of carbonyl (C=O) groups excluding carboxylic acids is 1. The van der Waals surface area contributed by atoms with Crippen molar-refractivity contribution in [1.82, 2.24) is 19.0 Å². The molecule has 25 heavy (non-hydrogen) atoms. The van der Waals surface area contributed by atoms with Crippen LogP contribution in [-0.4, -0.2) is 59.0 Å². The fraction of sp³-hybridized carbons (Fsp3) is 0.765. The summed E-state index contributed by atoms with van der Waals surface area (Å²) < 4.78 is 29.2. The maximum atomic E-state index is 13.1. The smallest absolute Gasteiger partial charge is 0.260 e. The summed E-state index contributed by atoms with van der Waals surface area (Å²) >= 11 is 0. The van der Waals surface area contributed by atoms with Crippen molar-refractivity contribution < 1.29 is 13.2 Å². The van der Waals surface area contributed by atoms with Crippen LogP contribution in [0.2, 0.25) is 0 Å². The van der Waals surface area contributed by atoms with E-state index < -0.39 is 15.4 Å². The number of nitrogens with zero attached hydrogens (tertiary/aromatic N) is 4. The van der Waals surface area contributed by atoms with Gasteiger partial charge in [-0.3, -0.25) is 9.48 Å². The highest BCUT2D eigenvalue weighted by atomic mass is 32.2. The van der Waals surface area contributed by atoms with Crippen molar-refractivity contribution in [2.24, 2.45) is 5.41 Å². The highest BCUT2D eigenvalue weighted by molar-refractivity contribution is 7.89. The summed E-state index contributed by atoms with van der Waals surface area (Å²) in [6.45, 7) is 8.05. The Bertz CT molecular complexity index is 743. The standard InChI is InChI=1S/C17H28N4O3S/c1-4-10-21-15(6-9-18-21)25(23,24)19-12-8-17(13-19)7-5-11-20(14(2)3)16(17)22/h6,9,14H,4-5,7-8,10-13H2,1-3H3/t17-/m1/s1. The van der Waals surface area contributed by atoms with Gasteiger partial charge in [-0.2, -0.15) is 9.40 Å². The molecular weight excluding hydrogens is 340 g/mol. The van der Waals surface area contributed by atoms with E-state index in [0.29, 0.717) is 19.5 Å². The zero-order valence-electron chi connectivity index (χ0n) is 15.3. The molecule has 8 heteroatoms. The minimum Gasteiger partial charge on any atom is -0.340 e. The van der Waals surface area contributed by atoms with Gasteiger partial charge < -0.3 is 4.90 Å². The second-order valence-electron chi connectivity index (χ2n) is 7.46. The fourth-order valence-electron chi connectivity index (χ4n) is 4.06. The molecule has 1 atom stereocenters. The van der Waals surface area contributed by atoms with Crippen LogP contribution in [0.15, 0.2) is 17.3 Å². The average molecular weight is 369 g/mol. The molecule has 3 heterocycles. The van der Waals surface area contributed by atoms with E-state index in [0.717, 1.165) is 25.8 Å². The lowest BCUT2D eigenvalue weighted by Crippen LogP contribution is -2.52. The molecule has 1 amide bonds. The summed E-state index contributed by atoms with van der Waals surface area (Å²) in [5.41, 5.74) is -0.550. The number of sulfonamides is 1. The molecule has 1 aromatic heterocycles. The Balaban J connectivity index is 1.84. The molecule has 0 N–H and O–H groups in total. The molecular formula is C17H28N4O3S. The first-order chi connectivity index (χ1) is 11.8. The molecule has 0 unspecified atom stereocenters. The SMILES string of the molecule is CCCn1nccc1S(=O)(=O)N1CC[C@]2(CCCN(C(C)C)C2=O)C1.